The van der Waals surface area contributed by atoms with Gasteiger partial charge in [0.2, 0.25) is 0 Å². The second-order valence-corrected chi connectivity index (χ2v) is 8.58. The highest BCUT2D eigenvalue weighted by Crippen LogP contribution is 2.34. The van der Waals surface area contributed by atoms with E-state index in [1.165, 1.54) is 22.2 Å². The van der Waals surface area contributed by atoms with Gasteiger partial charge in [-0.2, -0.15) is 0 Å². The Morgan fingerprint density at radius 2 is 1.79 bits per heavy atom. The maximum atomic E-state index is 9.19. The maximum Gasteiger partial charge on any atom is 0.163 e. The zero-order valence-electron chi connectivity index (χ0n) is 18.8. The van der Waals surface area contributed by atoms with Gasteiger partial charge in [0.1, 0.15) is 5.82 Å². The number of rotatable bonds is 5. The summed E-state index contributed by atoms with van der Waals surface area (Å²) in [5.41, 5.74) is 15.2. The van der Waals surface area contributed by atoms with Crippen LogP contribution in [-0.4, -0.2) is 20.6 Å². The summed E-state index contributed by atoms with van der Waals surface area (Å²) in [6.07, 6.45) is 5.69. The number of nitrogens with zero attached hydrogens (tertiary/aromatic N) is 3. The van der Waals surface area contributed by atoms with Crippen LogP contribution in [0.5, 0.6) is 0 Å². The van der Waals surface area contributed by atoms with E-state index in [0.29, 0.717) is 0 Å². The Labute approximate surface area is 193 Å². The molecular formula is C28H28N4O. The van der Waals surface area contributed by atoms with Crippen LogP contribution in [-0.2, 0) is 25.8 Å². The van der Waals surface area contributed by atoms with E-state index in [2.05, 4.69) is 71.2 Å². The lowest BCUT2D eigenvalue weighted by molar-refractivity contribution is 0.319. The Hall–Kier alpha value is -3.86. The van der Waals surface area contributed by atoms with E-state index in [0.717, 1.165) is 60.3 Å². The van der Waals surface area contributed by atoms with Crippen molar-refractivity contribution >= 4 is 22.4 Å². The Balaban J connectivity index is 1.58. The first-order valence-electron chi connectivity index (χ1n) is 11.5. The van der Waals surface area contributed by atoms with Crippen LogP contribution in [0.4, 0.5) is 0 Å². The molecule has 5 heteroatoms. The molecule has 33 heavy (non-hydrogen) atoms. The number of hydrogen-bond donors (Lipinski definition) is 2. The smallest absolute Gasteiger partial charge is 0.163 e. The van der Waals surface area contributed by atoms with Gasteiger partial charge in [-0.3, -0.25) is 0 Å². The predicted molar refractivity (Wildman–Crippen MR) is 134 cm³/mol. The van der Waals surface area contributed by atoms with Gasteiger partial charge in [-0.1, -0.05) is 66.7 Å². The Kier molecular flexibility index (Phi) is 5.69. The minimum Gasteiger partial charge on any atom is -0.409 e. The molecule has 3 aromatic carbocycles. The Morgan fingerprint density at radius 1 is 1.03 bits per heavy atom. The van der Waals surface area contributed by atoms with Gasteiger partial charge in [0, 0.05) is 13.0 Å². The van der Waals surface area contributed by atoms with Gasteiger partial charge in [-0.05, 0) is 70.9 Å². The van der Waals surface area contributed by atoms with Gasteiger partial charge >= 0.3 is 0 Å². The molecule has 4 aromatic rings. The Morgan fingerprint density at radius 3 is 2.64 bits per heavy atom. The third-order valence-corrected chi connectivity index (χ3v) is 6.39. The monoisotopic (exact) mass is 436 g/mol. The minimum atomic E-state index is 0.103. The number of nitrogens with two attached hydrogens (primary N) is 1. The van der Waals surface area contributed by atoms with Crippen molar-refractivity contribution in [3.05, 3.63) is 106 Å². The summed E-state index contributed by atoms with van der Waals surface area (Å²) in [7, 11) is 0. The number of hydrogen-bond acceptors (Lipinski definition) is 3. The van der Waals surface area contributed by atoms with E-state index >= 15 is 0 Å². The lowest BCUT2D eigenvalue weighted by Gasteiger charge is -2.14. The molecule has 1 heterocycles. The summed E-state index contributed by atoms with van der Waals surface area (Å²) in [5.74, 6) is 1.24. The fraction of sp³-hybridized carbons (Fsp3) is 0.214. The van der Waals surface area contributed by atoms with Gasteiger partial charge in [-0.25, -0.2) is 4.98 Å². The highest BCUT2D eigenvalue weighted by atomic mass is 16.4. The summed E-state index contributed by atoms with van der Waals surface area (Å²) in [6, 6.07) is 23.4. The van der Waals surface area contributed by atoms with Crippen molar-refractivity contribution in [2.24, 2.45) is 10.9 Å². The lowest BCUT2D eigenvalue weighted by Crippen LogP contribution is -2.09. The van der Waals surface area contributed by atoms with Crippen LogP contribution in [0.1, 0.15) is 47.0 Å². The van der Waals surface area contributed by atoms with Crippen LogP contribution in [0.3, 0.4) is 0 Å². The molecule has 0 spiro atoms. The molecule has 0 saturated heterocycles. The van der Waals surface area contributed by atoms with Crippen molar-refractivity contribution in [1.29, 1.82) is 0 Å². The van der Waals surface area contributed by atoms with Gasteiger partial charge in [0.25, 0.3) is 0 Å². The fourth-order valence-corrected chi connectivity index (χ4v) is 4.86. The van der Waals surface area contributed by atoms with Crippen molar-refractivity contribution in [2.45, 2.75) is 39.2 Å². The lowest BCUT2D eigenvalue weighted by atomic mass is 9.92. The zero-order chi connectivity index (χ0) is 22.8. The van der Waals surface area contributed by atoms with Crippen LogP contribution in [0, 0.1) is 0 Å². The standard InChI is InChI=1S/C28H28N4O/c1-2-7-28-30-25-10-5-6-11-26(25)32(28)18-19-12-15-23-21(16-19)14-13-20-8-3-4-9-22(20)24(23)17-27(29)31-33/h3-6,8-12,15-17,33H,2,7,13-14,18H2,1H3,(H2,29,31). The van der Waals surface area contributed by atoms with Crippen molar-refractivity contribution in [1.82, 2.24) is 9.55 Å². The Bertz CT molecular complexity index is 1380. The van der Waals surface area contributed by atoms with Crippen molar-refractivity contribution < 1.29 is 5.21 Å². The second kappa shape index (κ2) is 8.94. The van der Waals surface area contributed by atoms with E-state index in [-0.39, 0.29) is 5.84 Å². The molecule has 166 valence electrons. The summed E-state index contributed by atoms with van der Waals surface area (Å²) in [5, 5.41) is 12.4. The highest BCUT2D eigenvalue weighted by Gasteiger charge is 2.19. The van der Waals surface area contributed by atoms with E-state index in [9.17, 15) is 5.21 Å². The van der Waals surface area contributed by atoms with Crippen LogP contribution < -0.4 is 5.73 Å². The molecule has 0 unspecified atom stereocenters. The van der Waals surface area contributed by atoms with Crippen molar-refractivity contribution in [2.75, 3.05) is 0 Å². The minimum absolute atomic E-state index is 0.103. The van der Waals surface area contributed by atoms with Crippen molar-refractivity contribution in [3.8, 4) is 0 Å². The quantitative estimate of drug-likeness (QED) is 0.193. The molecule has 1 aliphatic rings. The third kappa shape index (κ3) is 4.02. The zero-order valence-corrected chi connectivity index (χ0v) is 18.8. The van der Waals surface area contributed by atoms with Crippen LogP contribution in [0.15, 0.2) is 78.0 Å². The molecule has 0 fully saturated rings. The summed E-state index contributed by atoms with van der Waals surface area (Å²) in [6.45, 7) is 2.98. The second-order valence-electron chi connectivity index (χ2n) is 8.58. The van der Waals surface area contributed by atoms with Crippen LogP contribution in [0.2, 0.25) is 0 Å². The van der Waals surface area contributed by atoms with Crippen LogP contribution >= 0.6 is 0 Å². The van der Waals surface area contributed by atoms with E-state index in [4.69, 9.17) is 10.7 Å². The number of aryl methyl sites for hydroxylation is 3. The average molecular weight is 437 g/mol. The molecule has 0 bridgehead atoms. The van der Waals surface area contributed by atoms with Crippen molar-refractivity contribution in [3.63, 3.8) is 0 Å². The largest absolute Gasteiger partial charge is 0.409 e. The molecule has 0 radical (unpaired) electrons. The number of benzene rings is 3. The van der Waals surface area contributed by atoms with Gasteiger partial charge < -0.3 is 15.5 Å². The van der Waals surface area contributed by atoms with Gasteiger partial charge in [-0.15, -0.1) is 0 Å². The number of para-hydroxylation sites is 2. The average Bonchev–Trinajstić information content (AvgIpc) is 3.10. The molecule has 0 atom stereocenters. The number of imidazole rings is 1. The number of fused-ring (bicyclic) bond motifs is 3. The fourth-order valence-electron chi connectivity index (χ4n) is 4.86. The molecule has 1 aromatic heterocycles. The number of oxime groups is 1. The SMILES string of the molecule is CCCc1nc2ccccc2n1Cc1ccc2c(c1)CCc1ccccc1C2=CC(N)=NO. The van der Waals surface area contributed by atoms with Gasteiger partial charge in [0.15, 0.2) is 5.84 Å². The normalized spacial score (nSPS) is 14.8. The first-order chi connectivity index (χ1) is 16.2. The molecule has 5 rings (SSSR count). The summed E-state index contributed by atoms with van der Waals surface area (Å²) in [4.78, 5) is 4.89. The molecular weight excluding hydrogens is 408 g/mol. The molecule has 0 saturated carbocycles. The predicted octanol–water partition coefficient (Wildman–Crippen LogP) is 5.31. The maximum absolute atomic E-state index is 9.19. The molecule has 5 nitrogen and oxygen atoms in total. The summed E-state index contributed by atoms with van der Waals surface area (Å²) < 4.78 is 2.35. The molecule has 1 aliphatic carbocycles. The van der Waals surface area contributed by atoms with E-state index in [1.54, 1.807) is 6.08 Å². The first-order valence-corrected chi connectivity index (χ1v) is 11.5. The highest BCUT2D eigenvalue weighted by molar-refractivity contribution is 6.02. The molecule has 0 aliphatic heterocycles. The van der Waals surface area contributed by atoms with E-state index in [1.807, 2.05) is 12.1 Å². The first kappa shape index (κ1) is 21.0. The molecule has 0 amide bonds. The topological polar surface area (TPSA) is 76.4 Å². The summed E-state index contributed by atoms with van der Waals surface area (Å²) >= 11 is 0. The van der Waals surface area contributed by atoms with E-state index < -0.39 is 0 Å². The number of aromatic nitrogens is 2. The van der Waals surface area contributed by atoms with Crippen LogP contribution in [0.25, 0.3) is 16.6 Å². The van der Waals surface area contributed by atoms with Gasteiger partial charge in [0.05, 0.1) is 11.0 Å². The molecule has 3 N–H and O–H groups in total. The number of amidine groups is 1. The third-order valence-electron chi connectivity index (χ3n) is 6.39.